The Hall–Kier alpha value is -3.12. The molecule has 2 aromatic carbocycles. The molecule has 1 amide bonds. The van der Waals surface area contributed by atoms with Crippen molar-refractivity contribution >= 4 is 5.91 Å². The van der Waals surface area contributed by atoms with Crippen LogP contribution in [-0.2, 0) is 0 Å². The van der Waals surface area contributed by atoms with E-state index in [1.54, 1.807) is 6.07 Å². The number of amides is 1. The smallest absolute Gasteiger partial charge is 0.273 e. The molecule has 0 radical (unpaired) electrons. The van der Waals surface area contributed by atoms with Crippen molar-refractivity contribution in [2.45, 2.75) is 32.2 Å². The molecule has 1 aliphatic heterocycles. The standard InChI is InChI=1S/C25H29N3O3/c1-2-30-21-13-11-19(12-14-21)23(28-15-7-4-8-16-28)18-26-25(29)22-17-24(31-27-22)20-9-5-3-6-10-20/h3,5-6,9-14,17,23H,2,4,7-8,15-16,18H2,1H3,(H,26,29)/t23-/m1/s1. The van der Waals surface area contributed by atoms with Gasteiger partial charge in [0.15, 0.2) is 11.5 Å². The Labute approximate surface area is 183 Å². The minimum Gasteiger partial charge on any atom is -0.494 e. The fourth-order valence-corrected chi connectivity index (χ4v) is 4.04. The summed E-state index contributed by atoms with van der Waals surface area (Å²) in [5.74, 6) is 1.23. The minimum atomic E-state index is -0.223. The van der Waals surface area contributed by atoms with Crippen LogP contribution in [0.4, 0.5) is 0 Å². The molecule has 6 heteroatoms. The number of aromatic nitrogens is 1. The summed E-state index contributed by atoms with van der Waals surface area (Å²) in [4.78, 5) is 15.2. The van der Waals surface area contributed by atoms with Crippen LogP contribution in [0.25, 0.3) is 11.3 Å². The first-order chi connectivity index (χ1) is 15.2. The molecule has 1 atom stereocenters. The second-order valence-electron chi connectivity index (χ2n) is 7.77. The fourth-order valence-electron chi connectivity index (χ4n) is 4.04. The number of rotatable bonds is 8. The van der Waals surface area contributed by atoms with Gasteiger partial charge in [-0.2, -0.15) is 0 Å². The van der Waals surface area contributed by atoms with Crippen molar-refractivity contribution < 1.29 is 14.1 Å². The van der Waals surface area contributed by atoms with Gasteiger partial charge in [-0.05, 0) is 50.6 Å². The normalized spacial score (nSPS) is 15.4. The number of piperidine rings is 1. The topological polar surface area (TPSA) is 67.6 Å². The second-order valence-corrected chi connectivity index (χ2v) is 7.77. The number of likely N-dealkylation sites (tertiary alicyclic amines) is 1. The summed E-state index contributed by atoms with van der Waals surface area (Å²) in [6, 6.07) is 19.7. The highest BCUT2D eigenvalue weighted by Crippen LogP contribution is 2.26. The van der Waals surface area contributed by atoms with E-state index in [0.717, 1.165) is 24.4 Å². The van der Waals surface area contributed by atoms with Crippen LogP contribution < -0.4 is 10.1 Å². The van der Waals surface area contributed by atoms with Crippen molar-refractivity contribution in [2.75, 3.05) is 26.2 Å². The lowest BCUT2D eigenvalue weighted by atomic mass is 10.0. The molecule has 0 spiro atoms. The summed E-state index contributed by atoms with van der Waals surface area (Å²) in [6.07, 6.45) is 3.64. The minimum absolute atomic E-state index is 0.112. The van der Waals surface area contributed by atoms with E-state index in [0.29, 0.717) is 24.6 Å². The highest BCUT2D eigenvalue weighted by atomic mass is 16.5. The molecule has 31 heavy (non-hydrogen) atoms. The number of ether oxygens (including phenoxy) is 1. The Bertz CT molecular complexity index is 963. The van der Waals surface area contributed by atoms with Gasteiger partial charge in [-0.15, -0.1) is 0 Å². The average molecular weight is 420 g/mol. The van der Waals surface area contributed by atoms with Crippen molar-refractivity contribution in [1.29, 1.82) is 0 Å². The predicted octanol–water partition coefficient (Wildman–Crippen LogP) is 4.70. The monoisotopic (exact) mass is 419 g/mol. The first-order valence-electron chi connectivity index (χ1n) is 11.0. The zero-order valence-electron chi connectivity index (χ0n) is 17.9. The quantitative estimate of drug-likeness (QED) is 0.573. The zero-order valence-corrected chi connectivity index (χ0v) is 17.9. The summed E-state index contributed by atoms with van der Waals surface area (Å²) in [5.41, 5.74) is 2.37. The van der Waals surface area contributed by atoms with Crippen LogP contribution >= 0.6 is 0 Å². The van der Waals surface area contributed by atoms with Crippen LogP contribution in [0.2, 0.25) is 0 Å². The highest BCUT2D eigenvalue weighted by Gasteiger charge is 2.24. The predicted molar refractivity (Wildman–Crippen MR) is 120 cm³/mol. The Morgan fingerprint density at radius 2 is 1.84 bits per heavy atom. The SMILES string of the molecule is CCOc1ccc([C@@H](CNC(=O)c2cc(-c3ccccc3)on2)N2CCCCC2)cc1. The molecule has 1 aliphatic rings. The van der Waals surface area contributed by atoms with E-state index in [4.69, 9.17) is 9.26 Å². The van der Waals surface area contributed by atoms with Gasteiger partial charge >= 0.3 is 0 Å². The lowest BCUT2D eigenvalue weighted by Gasteiger charge is -2.35. The summed E-state index contributed by atoms with van der Waals surface area (Å²) in [7, 11) is 0. The van der Waals surface area contributed by atoms with Crippen LogP contribution in [-0.4, -0.2) is 42.2 Å². The molecule has 3 aromatic rings. The van der Waals surface area contributed by atoms with Crippen LogP contribution in [0.3, 0.4) is 0 Å². The van der Waals surface area contributed by atoms with Gasteiger partial charge in [-0.1, -0.05) is 54.0 Å². The maximum absolute atomic E-state index is 12.8. The molecule has 1 N–H and O–H groups in total. The molecule has 4 rings (SSSR count). The molecule has 2 heterocycles. The van der Waals surface area contributed by atoms with E-state index >= 15 is 0 Å². The van der Waals surface area contributed by atoms with Gasteiger partial charge in [-0.3, -0.25) is 9.69 Å². The summed E-state index contributed by atoms with van der Waals surface area (Å²) >= 11 is 0. The highest BCUT2D eigenvalue weighted by molar-refractivity contribution is 5.93. The number of carbonyl (C=O) groups excluding carboxylic acids is 1. The molecule has 0 aliphatic carbocycles. The molecule has 162 valence electrons. The Kier molecular flexibility index (Phi) is 6.99. The van der Waals surface area contributed by atoms with E-state index in [1.165, 1.54) is 24.8 Å². The maximum Gasteiger partial charge on any atom is 0.273 e. The number of hydrogen-bond donors (Lipinski definition) is 1. The summed E-state index contributed by atoms with van der Waals surface area (Å²) in [6.45, 7) is 5.22. The van der Waals surface area contributed by atoms with Gasteiger partial charge in [-0.25, -0.2) is 0 Å². The number of benzene rings is 2. The Balaban J connectivity index is 1.45. The molecule has 1 aromatic heterocycles. The molecular weight excluding hydrogens is 390 g/mol. The molecule has 1 fully saturated rings. The lowest BCUT2D eigenvalue weighted by molar-refractivity contribution is 0.0915. The number of carbonyl (C=O) groups is 1. The van der Waals surface area contributed by atoms with Crippen LogP contribution in [0.15, 0.2) is 65.2 Å². The molecule has 1 saturated heterocycles. The van der Waals surface area contributed by atoms with Gasteiger partial charge in [0.05, 0.1) is 12.6 Å². The van der Waals surface area contributed by atoms with E-state index in [9.17, 15) is 4.79 Å². The fraction of sp³-hybridized carbons (Fsp3) is 0.360. The van der Waals surface area contributed by atoms with Crippen LogP contribution in [0.1, 0.15) is 48.3 Å². The van der Waals surface area contributed by atoms with Crippen molar-refractivity contribution in [3.05, 3.63) is 71.9 Å². The third-order valence-electron chi connectivity index (χ3n) is 5.66. The maximum atomic E-state index is 12.8. The van der Waals surface area contributed by atoms with Gasteiger partial charge in [0.1, 0.15) is 5.75 Å². The summed E-state index contributed by atoms with van der Waals surface area (Å²) < 4.78 is 11.0. The molecule has 0 saturated carbocycles. The molecule has 0 unspecified atom stereocenters. The first kappa shape index (κ1) is 21.1. The van der Waals surface area contributed by atoms with Gasteiger partial charge < -0.3 is 14.6 Å². The third kappa shape index (κ3) is 5.33. The van der Waals surface area contributed by atoms with E-state index in [2.05, 4.69) is 27.5 Å². The van der Waals surface area contributed by atoms with E-state index in [-0.39, 0.29) is 11.9 Å². The Morgan fingerprint density at radius 3 is 2.55 bits per heavy atom. The Morgan fingerprint density at radius 1 is 1.10 bits per heavy atom. The van der Waals surface area contributed by atoms with Crippen LogP contribution in [0, 0.1) is 0 Å². The third-order valence-corrected chi connectivity index (χ3v) is 5.66. The van der Waals surface area contributed by atoms with Crippen molar-refractivity contribution in [3.63, 3.8) is 0 Å². The van der Waals surface area contributed by atoms with E-state index < -0.39 is 0 Å². The van der Waals surface area contributed by atoms with Crippen molar-refractivity contribution in [3.8, 4) is 17.1 Å². The lowest BCUT2D eigenvalue weighted by Crippen LogP contribution is -2.40. The van der Waals surface area contributed by atoms with Gasteiger partial charge in [0, 0.05) is 18.2 Å². The van der Waals surface area contributed by atoms with Crippen molar-refractivity contribution in [2.24, 2.45) is 0 Å². The average Bonchev–Trinajstić information content (AvgIpc) is 3.32. The van der Waals surface area contributed by atoms with Crippen LogP contribution in [0.5, 0.6) is 5.75 Å². The van der Waals surface area contributed by atoms with E-state index in [1.807, 2.05) is 49.4 Å². The zero-order chi connectivity index (χ0) is 21.5. The van der Waals surface area contributed by atoms with Gasteiger partial charge in [0.2, 0.25) is 0 Å². The second kappa shape index (κ2) is 10.3. The number of nitrogens with one attached hydrogen (secondary N) is 1. The van der Waals surface area contributed by atoms with Crippen molar-refractivity contribution in [1.82, 2.24) is 15.4 Å². The molecular formula is C25H29N3O3. The molecule has 0 bridgehead atoms. The largest absolute Gasteiger partial charge is 0.494 e. The number of hydrogen-bond acceptors (Lipinski definition) is 5. The first-order valence-corrected chi connectivity index (χ1v) is 11.0. The number of nitrogens with zero attached hydrogens (tertiary/aromatic N) is 2. The van der Waals surface area contributed by atoms with Gasteiger partial charge in [0.25, 0.3) is 5.91 Å². The summed E-state index contributed by atoms with van der Waals surface area (Å²) in [5, 5.41) is 7.04. The molecule has 6 nitrogen and oxygen atoms in total.